The highest BCUT2D eigenvalue weighted by molar-refractivity contribution is 5.77. The van der Waals surface area contributed by atoms with Crippen molar-refractivity contribution in [3.05, 3.63) is 84.3 Å². The standard InChI is InChI=1S/C24H27FN2O3/c25-20-7-5-19(6-8-20)21(22-4-3-15-30-22)9-12-26-23(28)18-24(10-16-29-17-11-24)27-13-1-2-14-27/h1-8,13-15,21H,9-12,16-18H2,(H,26,28). The summed E-state index contributed by atoms with van der Waals surface area (Å²) in [7, 11) is 0. The van der Waals surface area contributed by atoms with Gasteiger partial charge in [-0.3, -0.25) is 4.79 Å². The summed E-state index contributed by atoms with van der Waals surface area (Å²) in [5.41, 5.74) is 0.734. The quantitative estimate of drug-likeness (QED) is 0.597. The molecule has 30 heavy (non-hydrogen) atoms. The summed E-state index contributed by atoms with van der Waals surface area (Å²) in [4.78, 5) is 12.8. The maximum Gasteiger partial charge on any atom is 0.222 e. The number of hydrogen-bond donors (Lipinski definition) is 1. The van der Waals surface area contributed by atoms with Crippen LogP contribution in [0.15, 0.2) is 71.6 Å². The number of amides is 1. The molecule has 6 heteroatoms. The molecule has 1 saturated heterocycles. The van der Waals surface area contributed by atoms with E-state index >= 15 is 0 Å². The number of ether oxygens (including phenoxy) is 1. The van der Waals surface area contributed by atoms with Crippen molar-refractivity contribution in [2.75, 3.05) is 19.8 Å². The van der Waals surface area contributed by atoms with Gasteiger partial charge in [0.25, 0.3) is 0 Å². The van der Waals surface area contributed by atoms with E-state index in [1.54, 1.807) is 18.4 Å². The lowest BCUT2D eigenvalue weighted by atomic mass is 9.85. The highest BCUT2D eigenvalue weighted by atomic mass is 19.1. The van der Waals surface area contributed by atoms with E-state index < -0.39 is 0 Å². The molecule has 5 nitrogen and oxygen atoms in total. The van der Waals surface area contributed by atoms with Crippen LogP contribution in [0.25, 0.3) is 0 Å². The number of carbonyl (C=O) groups is 1. The molecule has 2 aromatic heterocycles. The van der Waals surface area contributed by atoms with E-state index in [9.17, 15) is 9.18 Å². The molecule has 1 unspecified atom stereocenters. The van der Waals surface area contributed by atoms with Crippen molar-refractivity contribution in [2.45, 2.75) is 37.1 Å². The summed E-state index contributed by atoms with van der Waals surface area (Å²) in [6, 6.07) is 14.2. The molecule has 1 aliphatic rings. The van der Waals surface area contributed by atoms with Crippen LogP contribution >= 0.6 is 0 Å². The van der Waals surface area contributed by atoms with Crippen molar-refractivity contribution in [3.63, 3.8) is 0 Å². The minimum absolute atomic E-state index is 0.0305. The van der Waals surface area contributed by atoms with Gasteiger partial charge in [0.15, 0.2) is 0 Å². The lowest BCUT2D eigenvalue weighted by Crippen LogP contribution is -2.43. The van der Waals surface area contributed by atoms with E-state index in [4.69, 9.17) is 9.15 Å². The van der Waals surface area contributed by atoms with Gasteiger partial charge in [0, 0.05) is 38.1 Å². The molecule has 1 atom stereocenters. The Morgan fingerprint density at radius 3 is 2.50 bits per heavy atom. The molecule has 0 aliphatic carbocycles. The number of hydrogen-bond acceptors (Lipinski definition) is 3. The van der Waals surface area contributed by atoms with Crippen LogP contribution in [-0.2, 0) is 15.1 Å². The molecular weight excluding hydrogens is 383 g/mol. The summed E-state index contributed by atoms with van der Waals surface area (Å²) in [6.07, 6.45) is 8.42. The van der Waals surface area contributed by atoms with Crippen molar-refractivity contribution >= 4 is 5.91 Å². The fourth-order valence-electron chi connectivity index (χ4n) is 4.30. The fraction of sp³-hybridized carbons (Fsp3) is 0.375. The number of nitrogens with zero attached hydrogens (tertiary/aromatic N) is 1. The van der Waals surface area contributed by atoms with Crippen LogP contribution in [0, 0.1) is 5.82 Å². The predicted octanol–water partition coefficient (Wildman–Crippen LogP) is 4.45. The van der Waals surface area contributed by atoms with Crippen molar-refractivity contribution in [2.24, 2.45) is 0 Å². The van der Waals surface area contributed by atoms with Crippen LogP contribution in [0.2, 0.25) is 0 Å². The normalized spacial score (nSPS) is 16.8. The largest absolute Gasteiger partial charge is 0.469 e. The Bertz CT molecular complexity index is 914. The molecule has 0 spiro atoms. The zero-order chi connectivity index (χ0) is 20.8. The van der Waals surface area contributed by atoms with Gasteiger partial charge in [0.2, 0.25) is 5.91 Å². The van der Waals surface area contributed by atoms with Crippen LogP contribution in [0.4, 0.5) is 4.39 Å². The van der Waals surface area contributed by atoms with Gasteiger partial charge >= 0.3 is 0 Å². The monoisotopic (exact) mass is 410 g/mol. The molecule has 1 aromatic carbocycles. The van der Waals surface area contributed by atoms with Crippen molar-refractivity contribution in [1.29, 1.82) is 0 Å². The average molecular weight is 410 g/mol. The first kappa shape index (κ1) is 20.4. The van der Waals surface area contributed by atoms with Gasteiger partial charge in [0.05, 0.1) is 18.2 Å². The molecule has 3 aromatic rings. The Balaban J connectivity index is 1.39. The maximum atomic E-state index is 13.3. The molecule has 0 bridgehead atoms. The number of aromatic nitrogens is 1. The molecule has 0 saturated carbocycles. The van der Waals surface area contributed by atoms with Gasteiger partial charge < -0.3 is 19.0 Å². The third-order valence-corrected chi connectivity index (χ3v) is 5.98. The number of rotatable bonds is 8. The second kappa shape index (κ2) is 9.30. The molecule has 1 amide bonds. The number of halogens is 1. The van der Waals surface area contributed by atoms with Gasteiger partial charge in [-0.05, 0) is 61.2 Å². The number of carbonyl (C=O) groups excluding carboxylic acids is 1. The van der Waals surface area contributed by atoms with Crippen LogP contribution in [0.5, 0.6) is 0 Å². The molecule has 1 N–H and O–H groups in total. The zero-order valence-electron chi connectivity index (χ0n) is 16.9. The zero-order valence-corrected chi connectivity index (χ0v) is 16.9. The second-order valence-electron chi connectivity index (χ2n) is 7.86. The molecule has 1 aliphatic heterocycles. The van der Waals surface area contributed by atoms with Gasteiger partial charge in [-0.2, -0.15) is 0 Å². The van der Waals surface area contributed by atoms with Crippen molar-refractivity contribution in [1.82, 2.24) is 9.88 Å². The Kier molecular flexibility index (Phi) is 6.33. The van der Waals surface area contributed by atoms with Crippen molar-refractivity contribution < 1.29 is 18.3 Å². The van der Waals surface area contributed by atoms with Crippen LogP contribution in [0.1, 0.15) is 42.9 Å². The molecular formula is C24H27FN2O3. The number of nitrogens with one attached hydrogen (secondary N) is 1. The molecule has 1 fully saturated rings. The van der Waals surface area contributed by atoms with Crippen molar-refractivity contribution in [3.8, 4) is 0 Å². The van der Waals surface area contributed by atoms with Crippen LogP contribution in [0.3, 0.4) is 0 Å². The highest BCUT2D eigenvalue weighted by Crippen LogP contribution is 2.33. The van der Waals surface area contributed by atoms with E-state index in [0.717, 1.165) is 24.2 Å². The maximum absolute atomic E-state index is 13.3. The smallest absolute Gasteiger partial charge is 0.222 e. The Labute approximate surface area is 175 Å². The summed E-state index contributed by atoms with van der Waals surface area (Å²) >= 11 is 0. The first-order valence-electron chi connectivity index (χ1n) is 10.4. The SMILES string of the molecule is O=C(CC1(n2cccc2)CCOCC1)NCCC(c1ccc(F)cc1)c1ccco1. The fourth-order valence-corrected chi connectivity index (χ4v) is 4.30. The third-order valence-electron chi connectivity index (χ3n) is 5.98. The molecule has 4 rings (SSSR count). The number of benzene rings is 1. The summed E-state index contributed by atoms with van der Waals surface area (Å²) in [5, 5.41) is 3.08. The summed E-state index contributed by atoms with van der Waals surface area (Å²) in [6.45, 7) is 1.84. The lowest BCUT2D eigenvalue weighted by Gasteiger charge is -2.38. The first-order valence-corrected chi connectivity index (χ1v) is 10.4. The van der Waals surface area contributed by atoms with E-state index in [2.05, 4.69) is 9.88 Å². The Morgan fingerprint density at radius 1 is 1.10 bits per heavy atom. The van der Waals surface area contributed by atoms with E-state index in [1.165, 1.54) is 12.1 Å². The van der Waals surface area contributed by atoms with E-state index in [1.807, 2.05) is 36.7 Å². The topological polar surface area (TPSA) is 56.4 Å². The van der Waals surface area contributed by atoms with Gasteiger partial charge in [-0.25, -0.2) is 4.39 Å². The minimum atomic E-state index is -0.267. The molecule has 158 valence electrons. The molecule has 0 radical (unpaired) electrons. The molecule has 3 heterocycles. The number of furan rings is 1. The van der Waals surface area contributed by atoms with E-state index in [0.29, 0.717) is 32.6 Å². The average Bonchev–Trinajstić information content (AvgIpc) is 3.47. The Morgan fingerprint density at radius 2 is 1.83 bits per heavy atom. The lowest BCUT2D eigenvalue weighted by molar-refractivity contribution is -0.124. The van der Waals surface area contributed by atoms with Crippen LogP contribution in [-0.4, -0.2) is 30.2 Å². The van der Waals surface area contributed by atoms with Gasteiger partial charge in [-0.1, -0.05) is 12.1 Å². The van der Waals surface area contributed by atoms with Crippen LogP contribution < -0.4 is 5.32 Å². The van der Waals surface area contributed by atoms with E-state index in [-0.39, 0.29) is 23.2 Å². The predicted molar refractivity (Wildman–Crippen MR) is 112 cm³/mol. The summed E-state index contributed by atoms with van der Waals surface area (Å²) < 4.78 is 26.6. The second-order valence-corrected chi connectivity index (χ2v) is 7.86. The Hall–Kier alpha value is -2.86. The minimum Gasteiger partial charge on any atom is -0.469 e. The van der Waals surface area contributed by atoms with Gasteiger partial charge in [-0.15, -0.1) is 0 Å². The summed E-state index contributed by atoms with van der Waals surface area (Å²) in [5.74, 6) is 0.534. The van der Waals surface area contributed by atoms with Gasteiger partial charge in [0.1, 0.15) is 11.6 Å². The third kappa shape index (κ3) is 4.65. The highest BCUT2D eigenvalue weighted by Gasteiger charge is 2.36. The first-order chi connectivity index (χ1) is 14.7.